The predicted octanol–water partition coefficient (Wildman–Crippen LogP) is 4.95. The second-order valence-corrected chi connectivity index (χ2v) is 5.46. The summed E-state index contributed by atoms with van der Waals surface area (Å²) in [6, 6.07) is 19.7. The first kappa shape index (κ1) is 16.6. The predicted molar refractivity (Wildman–Crippen MR) is 94.1 cm³/mol. The van der Waals surface area contributed by atoms with E-state index in [-0.39, 0.29) is 12.1 Å². The molecule has 3 aromatic rings. The Morgan fingerprint density at radius 1 is 0.880 bits per heavy atom. The van der Waals surface area contributed by atoms with E-state index in [1.165, 1.54) is 0 Å². The molecule has 0 saturated heterocycles. The molecule has 0 aliphatic heterocycles. The summed E-state index contributed by atoms with van der Waals surface area (Å²) >= 11 is 0. The molecule has 0 fully saturated rings. The van der Waals surface area contributed by atoms with Crippen LogP contribution in [0.5, 0.6) is 0 Å². The van der Waals surface area contributed by atoms with E-state index in [9.17, 15) is 13.6 Å². The number of hydrogen-bond acceptors (Lipinski definition) is 1. The second kappa shape index (κ2) is 7.57. The zero-order valence-corrected chi connectivity index (χ0v) is 13.3. The van der Waals surface area contributed by atoms with Gasteiger partial charge in [-0.05, 0) is 29.8 Å². The van der Waals surface area contributed by atoms with Gasteiger partial charge >= 0.3 is 6.03 Å². The van der Waals surface area contributed by atoms with Crippen molar-refractivity contribution < 1.29 is 13.6 Å². The van der Waals surface area contributed by atoms with Crippen LogP contribution in [0.2, 0.25) is 0 Å². The van der Waals surface area contributed by atoms with Crippen LogP contribution in [-0.4, -0.2) is 6.03 Å². The van der Waals surface area contributed by atoms with Crippen molar-refractivity contribution in [1.29, 1.82) is 0 Å². The van der Waals surface area contributed by atoms with Gasteiger partial charge in [-0.2, -0.15) is 0 Å². The fourth-order valence-electron chi connectivity index (χ4n) is 2.48. The number of anilines is 1. The standard InChI is InChI=1S/C20H16F2N2O/c21-16-10-11-18(22)15(12-16)13-23-20(25)24-19-9-5-4-8-17(19)14-6-2-1-3-7-14/h1-12H,13H2,(H2,23,24,25). The molecule has 0 bridgehead atoms. The third-order valence-corrected chi connectivity index (χ3v) is 3.71. The van der Waals surface area contributed by atoms with Crippen molar-refractivity contribution in [2.75, 3.05) is 5.32 Å². The Kier molecular flexibility index (Phi) is 5.04. The van der Waals surface area contributed by atoms with E-state index in [1.54, 1.807) is 6.07 Å². The smallest absolute Gasteiger partial charge is 0.319 e. The van der Waals surface area contributed by atoms with Crippen molar-refractivity contribution in [3.8, 4) is 11.1 Å². The Hall–Kier alpha value is -3.21. The molecule has 2 amide bonds. The Morgan fingerprint density at radius 3 is 2.40 bits per heavy atom. The SMILES string of the molecule is O=C(NCc1cc(F)ccc1F)Nc1ccccc1-c1ccccc1. The molecule has 25 heavy (non-hydrogen) atoms. The lowest BCUT2D eigenvalue weighted by Gasteiger charge is -2.12. The van der Waals surface area contributed by atoms with Gasteiger partial charge in [0.05, 0.1) is 5.69 Å². The van der Waals surface area contributed by atoms with Crippen LogP contribution in [0.15, 0.2) is 72.8 Å². The van der Waals surface area contributed by atoms with Crippen LogP contribution >= 0.6 is 0 Å². The van der Waals surface area contributed by atoms with Gasteiger partial charge in [0.15, 0.2) is 0 Å². The molecule has 0 spiro atoms. The zero-order valence-electron chi connectivity index (χ0n) is 13.3. The fourth-order valence-corrected chi connectivity index (χ4v) is 2.48. The van der Waals surface area contributed by atoms with E-state index >= 15 is 0 Å². The van der Waals surface area contributed by atoms with Crippen molar-refractivity contribution in [1.82, 2.24) is 5.32 Å². The maximum absolute atomic E-state index is 13.6. The van der Waals surface area contributed by atoms with Gasteiger partial charge in [-0.1, -0.05) is 48.5 Å². The summed E-state index contributed by atoms with van der Waals surface area (Å²) < 4.78 is 26.8. The molecule has 0 aliphatic carbocycles. The molecule has 3 rings (SSSR count). The molecule has 0 aliphatic rings. The minimum absolute atomic E-state index is 0.0893. The molecule has 0 aromatic heterocycles. The summed E-state index contributed by atoms with van der Waals surface area (Å²) in [6.07, 6.45) is 0. The number of para-hydroxylation sites is 1. The average Bonchev–Trinajstić information content (AvgIpc) is 2.64. The lowest BCUT2D eigenvalue weighted by atomic mass is 10.0. The number of urea groups is 1. The highest BCUT2D eigenvalue weighted by Gasteiger charge is 2.09. The normalized spacial score (nSPS) is 10.3. The zero-order chi connectivity index (χ0) is 17.6. The highest BCUT2D eigenvalue weighted by molar-refractivity contribution is 5.94. The molecule has 2 N–H and O–H groups in total. The molecule has 0 heterocycles. The summed E-state index contributed by atoms with van der Waals surface area (Å²) in [4.78, 5) is 12.1. The van der Waals surface area contributed by atoms with E-state index in [1.807, 2.05) is 48.5 Å². The van der Waals surface area contributed by atoms with Crippen LogP contribution in [0.25, 0.3) is 11.1 Å². The third kappa shape index (κ3) is 4.20. The number of rotatable bonds is 4. The maximum atomic E-state index is 13.6. The molecule has 3 nitrogen and oxygen atoms in total. The van der Waals surface area contributed by atoms with Gasteiger partial charge < -0.3 is 10.6 Å². The topological polar surface area (TPSA) is 41.1 Å². The van der Waals surface area contributed by atoms with Gasteiger partial charge in [0.1, 0.15) is 11.6 Å². The van der Waals surface area contributed by atoms with Gasteiger partial charge in [0.2, 0.25) is 0 Å². The summed E-state index contributed by atoms with van der Waals surface area (Å²) in [6.45, 7) is -0.108. The molecule has 0 saturated carbocycles. The summed E-state index contributed by atoms with van der Waals surface area (Å²) in [5, 5.41) is 5.28. The summed E-state index contributed by atoms with van der Waals surface area (Å²) in [7, 11) is 0. The summed E-state index contributed by atoms with van der Waals surface area (Å²) in [5.74, 6) is -1.11. The first-order valence-corrected chi connectivity index (χ1v) is 7.77. The van der Waals surface area contributed by atoms with Crippen LogP contribution in [0.3, 0.4) is 0 Å². The average molecular weight is 338 g/mol. The Balaban J connectivity index is 1.71. The van der Waals surface area contributed by atoms with E-state index in [0.717, 1.165) is 29.3 Å². The first-order chi connectivity index (χ1) is 12.1. The van der Waals surface area contributed by atoms with Crippen molar-refractivity contribution in [3.05, 3.63) is 90.0 Å². The number of carbonyl (C=O) groups is 1. The first-order valence-electron chi connectivity index (χ1n) is 7.77. The summed E-state index contributed by atoms with van der Waals surface area (Å²) in [5.41, 5.74) is 2.56. The number of benzene rings is 3. The van der Waals surface area contributed by atoms with Gasteiger partial charge in [0, 0.05) is 17.7 Å². The molecule has 0 unspecified atom stereocenters. The highest BCUT2D eigenvalue weighted by atomic mass is 19.1. The van der Waals surface area contributed by atoms with Crippen LogP contribution in [0.1, 0.15) is 5.56 Å². The Labute approximate surface area is 144 Å². The highest BCUT2D eigenvalue weighted by Crippen LogP contribution is 2.27. The maximum Gasteiger partial charge on any atom is 0.319 e. The minimum atomic E-state index is -0.564. The van der Waals surface area contributed by atoms with E-state index in [4.69, 9.17) is 0 Å². The number of halogens is 2. The van der Waals surface area contributed by atoms with Gasteiger partial charge in [-0.3, -0.25) is 0 Å². The number of nitrogens with one attached hydrogen (secondary N) is 2. The van der Waals surface area contributed by atoms with Crippen LogP contribution in [0.4, 0.5) is 19.3 Å². The molecule has 3 aromatic carbocycles. The van der Waals surface area contributed by atoms with Crippen molar-refractivity contribution in [3.63, 3.8) is 0 Å². The van der Waals surface area contributed by atoms with Gasteiger partial charge in [0.25, 0.3) is 0 Å². The van der Waals surface area contributed by atoms with Crippen LogP contribution in [0, 0.1) is 11.6 Å². The number of amides is 2. The lowest BCUT2D eigenvalue weighted by Crippen LogP contribution is -2.28. The largest absolute Gasteiger partial charge is 0.334 e. The number of hydrogen-bond donors (Lipinski definition) is 2. The van der Waals surface area contributed by atoms with Crippen molar-refractivity contribution >= 4 is 11.7 Å². The van der Waals surface area contributed by atoms with E-state index < -0.39 is 17.7 Å². The number of carbonyl (C=O) groups excluding carboxylic acids is 1. The molecule has 0 radical (unpaired) electrons. The third-order valence-electron chi connectivity index (χ3n) is 3.71. The fraction of sp³-hybridized carbons (Fsp3) is 0.0500. The second-order valence-electron chi connectivity index (χ2n) is 5.46. The molecular weight excluding hydrogens is 322 g/mol. The molecule has 126 valence electrons. The molecular formula is C20H16F2N2O. The minimum Gasteiger partial charge on any atom is -0.334 e. The Morgan fingerprint density at radius 2 is 1.60 bits per heavy atom. The van der Waals surface area contributed by atoms with Crippen LogP contribution < -0.4 is 10.6 Å². The van der Waals surface area contributed by atoms with Crippen LogP contribution in [-0.2, 0) is 6.54 Å². The molecule has 0 atom stereocenters. The van der Waals surface area contributed by atoms with E-state index in [0.29, 0.717) is 5.69 Å². The van der Waals surface area contributed by atoms with Gasteiger partial charge in [-0.15, -0.1) is 0 Å². The van der Waals surface area contributed by atoms with Gasteiger partial charge in [-0.25, -0.2) is 13.6 Å². The Bertz CT molecular complexity index is 882. The van der Waals surface area contributed by atoms with Crippen molar-refractivity contribution in [2.45, 2.75) is 6.54 Å². The lowest BCUT2D eigenvalue weighted by molar-refractivity contribution is 0.251. The molecule has 5 heteroatoms. The van der Waals surface area contributed by atoms with E-state index in [2.05, 4.69) is 10.6 Å². The monoisotopic (exact) mass is 338 g/mol. The van der Waals surface area contributed by atoms with Crippen molar-refractivity contribution in [2.24, 2.45) is 0 Å². The quantitative estimate of drug-likeness (QED) is 0.694.